The lowest BCUT2D eigenvalue weighted by molar-refractivity contribution is 0.0569. The molecule has 0 unspecified atom stereocenters. The number of hydrogen-bond acceptors (Lipinski definition) is 7. The van der Waals surface area contributed by atoms with E-state index in [0.29, 0.717) is 41.8 Å². The largest absolute Gasteiger partial charge is 0.497 e. The molecule has 3 aromatic rings. The van der Waals surface area contributed by atoms with E-state index in [1.165, 1.54) is 0 Å². The van der Waals surface area contributed by atoms with E-state index in [1.54, 1.807) is 48.8 Å². The quantitative estimate of drug-likeness (QED) is 0.716. The van der Waals surface area contributed by atoms with Crippen LogP contribution in [0, 0.1) is 0 Å². The summed E-state index contributed by atoms with van der Waals surface area (Å²) in [4.78, 5) is 26.7. The van der Waals surface area contributed by atoms with E-state index in [4.69, 9.17) is 9.26 Å². The zero-order chi connectivity index (χ0) is 17.2. The summed E-state index contributed by atoms with van der Waals surface area (Å²) in [5.41, 5.74) is 1.16. The van der Waals surface area contributed by atoms with Crippen molar-refractivity contribution in [2.24, 2.45) is 0 Å². The van der Waals surface area contributed by atoms with Crippen molar-refractivity contribution in [3.63, 3.8) is 0 Å². The lowest BCUT2D eigenvalue weighted by Crippen LogP contribution is -2.48. The first kappa shape index (κ1) is 15.3. The molecule has 0 radical (unpaired) electrons. The molecule has 1 aliphatic heterocycles. The number of likely N-dealkylation sites (tertiary alicyclic amines) is 1. The molecule has 0 aliphatic carbocycles. The van der Waals surface area contributed by atoms with Crippen LogP contribution in [0.1, 0.15) is 22.2 Å². The van der Waals surface area contributed by atoms with Gasteiger partial charge in [-0.05, 0) is 18.2 Å². The van der Waals surface area contributed by atoms with Crippen LogP contribution in [-0.2, 0) is 0 Å². The first-order chi connectivity index (χ1) is 12.2. The standard InChI is InChI=1S/C17H15N5O3/c1-24-13-4-2-3-11(7-13)17(23)22-9-12(10-22)16-20-15(21-25-16)14-8-18-5-6-19-14/h2-8,12H,9-10H2,1H3. The number of aromatic nitrogens is 4. The number of methoxy groups -OCH3 is 1. The van der Waals surface area contributed by atoms with E-state index < -0.39 is 0 Å². The number of rotatable bonds is 4. The summed E-state index contributed by atoms with van der Waals surface area (Å²) in [5.74, 6) is 1.57. The Bertz CT molecular complexity index is 890. The second-order valence-corrected chi connectivity index (χ2v) is 5.69. The van der Waals surface area contributed by atoms with Crippen LogP contribution in [0.3, 0.4) is 0 Å². The van der Waals surface area contributed by atoms with Gasteiger partial charge in [-0.1, -0.05) is 11.2 Å². The van der Waals surface area contributed by atoms with Crippen LogP contribution in [0.25, 0.3) is 11.5 Å². The van der Waals surface area contributed by atoms with Crippen molar-refractivity contribution in [2.75, 3.05) is 20.2 Å². The summed E-state index contributed by atoms with van der Waals surface area (Å²) in [6.45, 7) is 1.08. The Morgan fingerprint density at radius 1 is 1.32 bits per heavy atom. The summed E-state index contributed by atoms with van der Waals surface area (Å²) in [5, 5.41) is 3.93. The summed E-state index contributed by atoms with van der Waals surface area (Å²) >= 11 is 0. The molecule has 1 aromatic carbocycles. The SMILES string of the molecule is COc1cccc(C(=O)N2CC(c3nc(-c4cnccn4)no3)C2)c1. The number of amides is 1. The monoisotopic (exact) mass is 337 g/mol. The van der Waals surface area contributed by atoms with Gasteiger partial charge in [0, 0.05) is 31.0 Å². The highest BCUT2D eigenvalue weighted by Crippen LogP contribution is 2.28. The van der Waals surface area contributed by atoms with E-state index in [2.05, 4.69) is 20.1 Å². The molecule has 0 atom stereocenters. The van der Waals surface area contributed by atoms with Crippen molar-refractivity contribution in [1.29, 1.82) is 0 Å². The minimum absolute atomic E-state index is 0.0347. The molecule has 2 aromatic heterocycles. The molecule has 1 saturated heterocycles. The van der Waals surface area contributed by atoms with Crippen LogP contribution in [-0.4, -0.2) is 51.1 Å². The lowest BCUT2D eigenvalue weighted by atomic mass is 9.98. The Morgan fingerprint density at radius 3 is 2.96 bits per heavy atom. The van der Waals surface area contributed by atoms with Crippen molar-refractivity contribution in [2.45, 2.75) is 5.92 Å². The van der Waals surface area contributed by atoms with Crippen LogP contribution in [0.15, 0.2) is 47.4 Å². The summed E-state index contributed by atoms with van der Waals surface area (Å²) < 4.78 is 10.5. The smallest absolute Gasteiger partial charge is 0.254 e. The molecular weight excluding hydrogens is 322 g/mol. The normalized spacial score (nSPS) is 14.2. The average molecular weight is 337 g/mol. The predicted molar refractivity (Wildman–Crippen MR) is 87.0 cm³/mol. The summed E-state index contributed by atoms with van der Waals surface area (Å²) in [6.07, 6.45) is 4.73. The molecule has 8 nitrogen and oxygen atoms in total. The molecule has 1 amide bonds. The number of nitrogens with zero attached hydrogens (tertiary/aromatic N) is 5. The van der Waals surface area contributed by atoms with Gasteiger partial charge in [0.25, 0.3) is 5.91 Å². The maximum Gasteiger partial charge on any atom is 0.254 e. The topological polar surface area (TPSA) is 94.2 Å². The van der Waals surface area contributed by atoms with E-state index in [1.807, 2.05) is 6.07 Å². The van der Waals surface area contributed by atoms with E-state index in [-0.39, 0.29) is 11.8 Å². The van der Waals surface area contributed by atoms with Gasteiger partial charge in [-0.15, -0.1) is 0 Å². The number of carbonyl (C=O) groups is 1. The van der Waals surface area contributed by atoms with Gasteiger partial charge in [-0.25, -0.2) is 4.98 Å². The molecule has 1 fully saturated rings. The van der Waals surface area contributed by atoms with Gasteiger partial charge in [0.15, 0.2) is 0 Å². The van der Waals surface area contributed by atoms with Gasteiger partial charge < -0.3 is 14.2 Å². The third kappa shape index (κ3) is 2.93. The molecule has 126 valence electrons. The van der Waals surface area contributed by atoms with Crippen molar-refractivity contribution >= 4 is 5.91 Å². The van der Waals surface area contributed by atoms with Crippen LogP contribution in [0.5, 0.6) is 5.75 Å². The number of hydrogen-bond donors (Lipinski definition) is 0. The average Bonchev–Trinajstić information content (AvgIpc) is 3.11. The highest BCUT2D eigenvalue weighted by atomic mass is 16.5. The summed E-state index contributed by atoms with van der Waals surface area (Å²) in [7, 11) is 1.58. The van der Waals surface area contributed by atoms with Crippen LogP contribution in [0.4, 0.5) is 0 Å². The molecule has 25 heavy (non-hydrogen) atoms. The van der Waals surface area contributed by atoms with Gasteiger partial charge in [0.2, 0.25) is 11.7 Å². The Morgan fingerprint density at radius 2 is 2.20 bits per heavy atom. The number of ether oxygens (including phenoxy) is 1. The van der Waals surface area contributed by atoms with Crippen LogP contribution >= 0.6 is 0 Å². The molecule has 1 aliphatic rings. The molecule has 3 heterocycles. The fourth-order valence-corrected chi connectivity index (χ4v) is 2.66. The van der Waals surface area contributed by atoms with E-state index >= 15 is 0 Å². The minimum atomic E-state index is -0.0381. The van der Waals surface area contributed by atoms with Gasteiger partial charge in [-0.3, -0.25) is 9.78 Å². The zero-order valence-corrected chi connectivity index (χ0v) is 13.5. The molecule has 0 bridgehead atoms. The van der Waals surface area contributed by atoms with Gasteiger partial charge in [0.1, 0.15) is 11.4 Å². The van der Waals surface area contributed by atoms with Crippen molar-refractivity contribution in [1.82, 2.24) is 25.0 Å². The number of carbonyl (C=O) groups excluding carboxylic acids is 1. The molecule has 0 saturated carbocycles. The van der Waals surface area contributed by atoms with E-state index in [0.717, 1.165) is 0 Å². The fourth-order valence-electron chi connectivity index (χ4n) is 2.66. The highest BCUT2D eigenvalue weighted by Gasteiger charge is 2.36. The molecule has 4 rings (SSSR count). The van der Waals surface area contributed by atoms with Crippen LogP contribution < -0.4 is 4.74 Å². The first-order valence-corrected chi connectivity index (χ1v) is 7.78. The molecule has 0 N–H and O–H groups in total. The van der Waals surface area contributed by atoms with Gasteiger partial charge in [-0.2, -0.15) is 4.98 Å². The van der Waals surface area contributed by atoms with Gasteiger partial charge >= 0.3 is 0 Å². The second-order valence-electron chi connectivity index (χ2n) is 5.69. The Labute approximate surface area is 143 Å². The van der Waals surface area contributed by atoms with Crippen molar-refractivity contribution < 1.29 is 14.1 Å². The Hall–Kier alpha value is -3.29. The Kier molecular flexibility index (Phi) is 3.85. The summed E-state index contributed by atoms with van der Waals surface area (Å²) in [6, 6.07) is 7.11. The van der Waals surface area contributed by atoms with Crippen LogP contribution in [0.2, 0.25) is 0 Å². The fraction of sp³-hybridized carbons (Fsp3) is 0.235. The number of benzene rings is 1. The second kappa shape index (κ2) is 6.31. The Balaban J connectivity index is 1.42. The third-order valence-electron chi connectivity index (χ3n) is 4.07. The first-order valence-electron chi connectivity index (χ1n) is 7.78. The third-order valence-corrected chi connectivity index (χ3v) is 4.07. The minimum Gasteiger partial charge on any atom is -0.497 e. The molecule has 8 heteroatoms. The lowest BCUT2D eigenvalue weighted by Gasteiger charge is -2.37. The van der Waals surface area contributed by atoms with E-state index in [9.17, 15) is 4.79 Å². The van der Waals surface area contributed by atoms with Crippen molar-refractivity contribution in [3.8, 4) is 17.3 Å². The maximum absolute atomic E-state index is 12.5. The highest BCUT2D eigenvalue weighted by molar-refractivity contribution is 5.95. The van der Waals surface area contributed by atoms with Crippen molar-refractivity contribution in [3.05, 3.63) is 54.3 Å². The van der Waals surface area contributed by atoms with Gasteiger partial charge in [0.05, 0.1) is 19.2 Å². The zero-order valence-electron chi connectivity index (χ0n) is 13.5. The predicted octanol–water partition coefficient (Wildman–Crippen LogP) is 1.77. The molecular formula is C17H15N5O3. The maximum atomic E-state index is 12.5. The molecule has 0 spiro atoms.